The highest BCUT2D eigenvalue weighted by Crippen LogP contribution is 2.43. The molecule has 1 saturated heterocycles. The van der Waals surface area contributed by atoms with E-state index in [-0.39, 0.29) is 22.8 Å². The molecule has 4 aromatic rings. The van der Waals surface area contributed by atoms with Crippen LogP contribution in [-0.2, 0) is 5.41 Å². The Labute approximate surface area is 215 Å². The second-order valence-electron chi connectivity index (χ2n) is 10.6. The molecule has 2 aromatic carbocycles. The minimum absolute atomic E-state index is 0.0456. The van der Waals surface area contributed by atoms with Crippen molar-refractivity contribution in [3.63, 3.8) is 0 Å². The molecular formula is C29H31FN6O. The van der Waals surface area contributed by atoms with E-state index < -0.39 is 0 Å². The maximum absolute atomic E-state index is 15.0. The number of nitrogens with one attached hydrogen (secondary N) is 2. The summed E-state index contributed by atoms with van der Waals surface area (Å²) in [6.45, 7) is 7.74. The van der Waals surface area contributed by atoms with E-state index in [1.807, 2.05) is 17.0 Å². The Hall–Kier alpha value is -3.78. The summed E-state index contributed by atoms with van der Waals surface area (Å²) in [5, 5.41) is 7.21. The smallest absolute Gasteiger partial charge is 0.252 e. The fourth-order valence-electron chi connectivity index (χ4n) is 5.74. The van der Waals surface area contributed by atoms with Crippen molar-refractivity contribution in [3.8, 4) is 0 Å². The minimum Gasteiger partial charge on any atom is -0.367 e. The highest BCUT2D eigenvalue weighted by molar-refractivity contribution is 5.76. The predicted octanol–water partition coefficient (Wildman–Crippen LogP) is 4.74. The molecule has 2 N–H and O–H groups in total. The molecule has 6 rings (SSSR count). The van der Waals surface area contributed by atoms with E-state index in [4.69, 9.17) is 4.98 Å². The summed E-state index contributed by atoms with van der Waals surface area (Å²) < 4.78 is 16.8. The quantitative estimate of drug-likeness (QED) is 0.423. The summed E-state index contributed by atoms with van der Waals surface area (Å²) in [5.74, 6) is 0.0385. The van der Waals surface area contributed by atoms with Crippen molar-refractivity contribution < 1.29 is 4.39 Å². The fraction of sp³-hybridized carbons (Fsp3) is 0.345. The van der Waals surface area contributed by atoms with Crippen LogP contribution >= 0.6 is 0 Å². The number of halogens is 1. The molecule has 0 bridgehead atoms. The van der Waals surface area contributed by atoms with Crippen molar-refractivity contribution in [1.29, 1.82) is 0 Å². The first-order valence-corrected chi connectivity index (χ1v) is 12.9. The topological polar surface area (TPSA) is 75.1 Å². The summed E-state index contributed by atoms with van der Waals surface area (Å²) in [7, 11) is 0. The monoisotopic (exact) mass is 498 g/mol. The number of hydrogen-bond acceptors (Lipinski definition) is 6. The predicted molar refractivity (Wildman–Crippen MR) is 145 cm³/mol. The Morgan fingerprint density at radius 2 is 1.89 bits per heavy atom. The van der Waals surface area contributed by atoms with Crippen LogP contribution in [0.2, 0.25) is 0 Å². The number of anilines is 3. The Balaban J connectivity index is 1.37. The van der Waals surface area contributed by atoms with Gasteiger partial charge in [0.25, 0.3) is 5.56 Å². The van der Waals surface area contributed by atoms with Crippen molar-refractivity contribution in [2.45, 2.75) is 38.1 Å². The molecule has 1 aliphatic carbocycles. The molecule has 0 radical (unpaired) electrons. The lowest BCUT2D eigenvalue weighted by Crippen LogP contribution is -2.43. The Morgan fingerprint density at radius 1 is 1.08 bits per heavy atom. The van der Waals surface area contributed by atoms with E-state index in [9.17, 15) is 9.18 Å². The van der Waals surface area contributed by atoms with Gasteiger partial charge in [0.1, 0.15) is 11.5 Å². The van der Waals surface area contributed by atoms with Gasteiger partial charge in [-0.3, -0.25) is 9.36 Å². The van der Waals surface area contributed by atoms with Crippen LogP contribution in [0.15, 0.2) is 65.6 Å². The van der Waals surface area contributed by atoms with E-state index >= 15 is 0 Å². The molecular weight excluding hydrogens is 467 g/mol. The van der Waals surface area contributed by atoms with Crippen LogP contribution in [0.5, 0.6) is 0 Å². The van der Waals surface area contributed by atoms with Gasteiger partial charge < -0.3 is 15.5 Å². The zero-order chi connectivity index (χ0) is 25.6. The van der Waals surface area contributed by atoms with Crippen LogP contribution in [0, 0.1) is 5.82 Å². The van der Waals surface area contributed by atoms with Gasteiger partial charge in [-0.1, -0.05) is 38.1 Å². The Bertz CT molecular complexity index is 1520. The third-order valence-electron chi connectivity index (χ3n) is 7.73. The van der Waals surface area contributed by atoms with Gasteiger partial charge in [-0.25, -0.2) is 9.37 Å². The molecule has 2 aromatic heterocycles. The lowest BCUT2D eigenvalue weighted by atomic mass is 9.71. The third-order valence-corrected chi connectivity index (χ3v) is 7.73. The largest absolute Gasteiger partial charge is 0.367 e. The Morgan fingerprint density at radius 3 is 2.70 bits per heavy atom. The molecule has 0 saturated carbocycles. The number of piperazine rings is 1. The van der Waals surface area contributed by atoms with E-state index in [0.717, 1.165) is 50.0 Å². The van der Waals surface area contributed by atoms with E-state index in [0.29, 0.717) is 23.0 Å². The van der Waals surface area contributed by atoms with Crippen LogP contribution in [0.3, 0.4) is 0 Å². The lowest BCUT2D eigenvalue weighted by Gasteiger charge is -2.38. The normalized spacial score (nSPS) is 19.0. The number of fused-ring (bicyclic) bond motifs is 2. The zero-order valence-electron chi connectivity index (χ0n) is 21.2. The standard InChI is InChI=1S/C29H31FN6O/c1-29(2)12-11-24(21-5-3-4-6-22(21)29)36-26(37)10-7-19-18-32-28(34-27(19)36)33-20-8-9-25(23(30)17-20)35-15-13-31-14-16-35/h3-10,17-18,24,31H,11-16H2,1-2H3,(H,32,33,34). The molecule has 190 valence electrons. The summed E-state index contributed by atoms with van der Waals surface area (Å²) in [6, 6.07) is 16.7. The summed E-state index contributed by atoms with van der Waals surface area (Å²) in [4.78, 5) is 24.5. The average molecular weight is 499 g/mol. The number of aromatic nitrogens is 3. The van der Waals surface area contributed by atoms with E-state index in [2.05, 4.69) is 47.7 Å². The third kappa shape index (κ3) is 4.35. The molecule has 1 fully saturated rings. The lowest BCUT2D eigenvalue weighted by molar-refractivity contribution is 0.368. The molecule has 0 amide bonds. The molecule has 1 unspecified atom stereocenters. The second-order valence-corrected chi connectivity index (χ2v) is 10.6. The first-order chi connectivity index (χ1) is 17.9. The maximum Gasteiger partial charge on any atom is 0.252 e. The molecule has 3 heterocycles. The van der Waals surface area contributed by atoms with Gasteiger partial charge >= 0.3 is 0 Å². The van der Waals surface area contributed by atoms with Gasteiger partial charge in [-0.05, 0) is 53.6 Å². The molecule has 2 aliphatic rings. The van der Waals surface area contributed by atoms with Crippen molar-refractivity contribution >= 4 is 28.4 Å². The Kier molecular flexibility index (Phi) is 5.91. The highest BCUT2D eigenvalue weighted by Gasteiger charge is 2.34. The highest BCUT2D eigenvalue weighted by atomic mass is 19.1. The number of hydrogen-bond donors (Lipinski definition) is 2. The average Bonchev–Trinajstić information content (AvgIpc) is 2.90. The van der Waals surface area contributed by atoms with Gasteiger partial charge in [0.2, 0.25) is 5.95 Å². The van der Waals surface area contributed by atoms with Crippen LogP contribution < -0.4 is 21.1 Å². The van der Waals surface area contributed by atoms with E-state index in [1.165, 1.54) is 11.6 Å². The van der Waals surface area contributed by atoms with Crippen LogP contribution in [0.4, 0.5) is 21.7 Å². The van der Waals surface area contributed by atoms with Gasteiger partial charge in [0.05, 0.1) is 11.7 Å². The fourth-order valence-corrected chi connectivity index (χ4v) is 5.74. The second kappa shape index (κ2) is 9.27. The van der Waals surface area contributed by atoms with Crippen molar-refractivity contribution in [2.75, 3.05) is 36.4 Å². The SMILES string of the molecule is CC1(C)CCC(n2c(=O)ccc3cnc(Nc4ccc(N5CCNCC5)c(F)c4)nc32)c2ccccc21. The van der Waals surface area contributed by atoms with Gasteiger partial charge in [0, 0.05) is 49.5 Å². The molecule has 37 heavy (non-hydrogen) atoms. The van der Waals surface area contributed by atoms with Crippen molar-refractivity contribution in [2.24, 2.45) is 0 Å². The molecule has 0 spiro atoms. The first-order valence-electron chi connectivity index (χ1n) is 12.9. The number of nitrogens with zero attached hydrogens (tertiary/aromatic N) is 4. The number of pyridine rings is 1. The van der Waals surface area contributed by atoms with E-state index in [1.54, 1.807) is 29.0 Å². The van der Waals surface area contributed by atoms with Gasteiger partial charge in [0.15, 0.2) is 0 Å². The van der Waals surface area contributed by atoms with Crippen LogP contribution in [0.1, 0.15) is 43.9 Å². The van der Waals surface area contributed by atoms with Crippen LogP contribution in [0.25, 0.3) is 11.0 Å². The van der Waals surface area contributed by atoms with Gasteiger partial charge in [-0.15, -0.1) is 0 Å². The molecule has 7 nitrogen and oxygen atoms in total. The van der Waals surface area contributed by atoms with Crippen molar-refractivity contribution in [3.05, 3.63) is 88.1 Å². The molecule has 1 atom stereocenters. The molecule has 1 aliphatic heterocycles. The maximum atomic E-state index is 15.0. The van der Waals surface area contributed by atoms with Crippen LogP contribution in [-0.4, -0.2) is 40.7 Å². The molecule has 8 heteroatoms. The van der Waals surface area contributed by atoms with Crippen molar-refractivity contribution in [1.82, 2.24) is 19.9 Å². The number of benzene rings is 2. The summed E-state index contributed by atoms with van der Waals surface area (Å²) in [5.41, 5.74) is 4.11. The van der Waals surface area contributed by atoms with Gasteiger partial charge in [-0.2, -0.15) is 4.98 Å². The summed E-state index contributed by atoms with van der Waals surface area (Å²) in [6.07, 6.45) is 3.52. The summed E-state index contributed by atoms with van der Waals surface area (Å²) >= 11 is 0. The minimum atomic E-state index is -0.286. The first kappa shape index (κ1) is 23.6. The zero-order valence-corrected chi connectivity index (χ0v) is 21.2. The number of rotatable bonds is 4.